The van der Waals surface area contributed by atoms with Crippen LogP contribution in [0.4, 0.5) is 0 Å². The maximum Gasteiger partial charge on any atom is 0.240 e. The molecule has 1 aromatic rings. The summed E-state index contributed by atoms with van der Waals surface area (Å²) < 4.78 is 27.7. The molecule has 0 fully saturated rings. The fourth-order valence-corrected chi connectivity index (χ4v) is 4.04. The normalized spacial score (nSPS) is 11.8. The Morgan fingerprint density at radius 1 is 1.42 bits per heavy atom. The standard InChI is InChI=1S/C12H18BrNO3S2/c1-9-11(13)6-10(8-15)7-12(9)19(16,17)14-4-3-5-18-2/h6-7,14-15H,3-5,8H2,1-2H3. The van der Waals surface area contributed by atoms with Crippen LogP contribution in [0.1, 0.15) is 17.5 Å². The van der Waals surface area contributed by atoms with Crippen molar-refractivity contribution < 1.29 is 13.5 Å². The van der Waals surface area contributed by atoms with E-state index in [0.717, 1.165) is 12.2 Å². The van der Waals surface area contributed by atoms with Crippen LogP contribution in [0.25, 0.3) is 0 Å². The quantitative estimate of drug-likeness (QED) is 0.725. The molecule has 1 aromatic carbocycles. The molecule has 0 saturated heterocycles. The van der Waals surface area contributed by atoms with Crippen molar-refractivity contribution in [2.24, 2.45) is 0 Å². The first-order valence-corrected chi connectivity index (χ1v) is 9.48. The van der Waals surface area contributed by atoms with Gasteiger partial charge in [-0.05, 0) is 48.6 Å². The van der Waals surface area contributed by atoms with Crippen molar-refractivity contribution in [1.82, 2.24) is 4.72 Å². The van der Waals surface area contributed by atoms with Gasteiger partial charge in [0, 0.05) is 11.0 Å². The number of aliphatic hydroxyl groups is 1. The molecule has 0 bridgehead atoms. The summed E-state index contributed by atoms with van der Waals surface area (Å²) in [6.07, 6.45) is 2.78. The van der Waals surface area contributed by atoms with Gasteiger partial charge in [0.1, 0.15) is 0 Å². The second kappa shape index (κ2) is 7.64. The predicted molar refractivity (Wildman–Crippen MR) is 83.0 cm³/mol. The zero-order valence-electron chi connectivity index (χ0n) is 10.9. The van der Waals surface area contributed by atoms with Crippen molar-refractivity contribution in [1.29, 1.82) is 0 Å². The highest BCUT2D eigenvalue weighted by Crippen LogP contribution is 2.25. The first-order valence-electron chi connectivity index (χ1n) is 5.81. The van der Waals surface area contributed by atoms with E-state index in [0.29, 0.717) is 22.1 Å². The van der Waals surface area contributed by atoms with Crippen LogP contribution >= 0.6 is 27.7 Å². The van der Waals surface area contributed by atoms with Crippen molar-refractivity contribution in [2.75, 3.05) is 18.6 Å². The molecule has 0 aromatic heterocycles. The van der Waals surface area contributed by atoms with Crippen LogP contribution < -0.4 is 4.72 Å². The fourth-order valence-electron chi connectivity index (χ4n) is 1.58. The van der Waals surface area contributed by atoms with Crippen LogP contribution in [0.2, 0.25) is 0 Å². The van der Waals surface area contributed by atoms with Crippen LogP contribution in [0.15, 0.2) is 21.5 Å². The summed E-state index contributed by atoms with van der Waals surface area (Å²) >= 11 is 5.00. The number of thioether (sulfide) groups is 1. The van der Waals surface area contributed by atoms with E-state index in [1.807, 2.05) is 6.26 Å². The number of halogens is 1. The lowest BCUT2D eigenvalue weighted by Gasteiger charge is -2.12. The van der Waals surface area contributed by atoms with E-state index in [9.17, 15) is 8.42 Å². The average Bonchev–Trinajstić information content (AvgIpc) is 2.37. The summed E-state index contributed by atoms with van der Waals surface area (Å²) in [5, 5.41) is 9.15. The van der Waals surface area contributed by atoms with E-state index in [4.69, 9.17) is 5.11 Å². The molecule has 2 N–H and O–H groups in total. The number of sulfonamides is 1. The van der Waals surface area contributed by atoms with Gasteiger partial charge in [0.25, 0.3) is 0 Å². The Kier molecular flexibility index (Phi) is 6.82. The summed E-state index contributed by atoms with van der Waals surface area (Å²) in [5.41, 5.74) is 1.22. The second-order valence-electron chi connectivity index (χ2n) is 4.10. The molecule has 0 radical (unpaired) electrons. The Morgan fingerprint density at radius 3 is 2.68 bits per heavy atom. The van der Waals surface area contributed by atoms with Gasteiger partial charge in [-0.2, -0.15) is 11.8 Å². The summed E-state index contributed by atoms with van der Waals surface area (Å²) in [6, 6.07) is 3.24. The van der Waals surface area contributed by atoms with Gasteiger partial charge in [-0.3, -0.25) is 0 Å². The largest absolute Gasteiger partial charge is 0.392 e. The Hall–Kier alpha value is -0.0800. The number of benzene rings is 1. The number of hydrogen-bond donors (Lipinski definition) is 2. The van der Waals surface area contributed by atoms with Crippen molar-refractivity contribution in [3.05, 3.63) is 27.7 Å². The molecule has 0 atom stereocenters. The van der Waals surface area contributed by atoms with E-state index in [-0.39, 0.29) is 11.5 Å². The van der Waals surface area contributed by atoms with E-state index >= 15 is 0 Å². The van der Waals surface area contributed by atoms with Crippen LogP contribution in [-0.2, 0) is 16.6 Å². The summed E-state index contributed by atoms with van der Waals surface area (Å²) in [7, 11) is -3.53. The highest BCUT2D eigenvalue weighted by atomic mass is 79.9. The fraction of sp³-hybridized carbons (Fsp3) is 0.500. The Bertz CT molecular complexity index is 532. The van der Waals surface area contributed by atoms with E-state index in [2.05, 4.69) is 20.7 Å². The number of hydrogen-bond acceptors (Lipinski definition) is 4. The van der Waals surface area contributed by atoms with Gasteiger partial charge in [0.05, 0.1) is 11.5 Å². The zero-order chi connectivity index (χ0) is 14.5. The van der Waals surface area contributed by atoms with Gasteiger partial charge in [-0.1, -0.05) is 15.9 Å². The lowest BCUT2D eigenvalue weighted by atomic mass is 10.2. The Balaban J connectivity index is 2.97. The van der Waals surface area contributed by atoms with Crippen molar-refractivity contribution >= 4 is 37.7 Å². The Morgan fingerprint density at radius 2 is 2.11 bits per heavy atom. The smallest absolute Gasteiger partial charge is 0.240 e. The van der Waals surface area contributed by atoms with Gasteiger partial charge in [0.2, 0.25) is 10.0 Å². The van der Waals surface area contributed by atoms with Crippen LogP contribution in [0, 0.1) is 6.92 Å². The van der Waals surface area contributed by atoms with E-state index in [1.54, 1.807) is 24.8 Å². The number of aliphatic hydroxyl groups excluding tert-OH is 1. The monoisotopic (exact) mass is 367 g/mol. The number of rotatable bonds is 7. The highest BCUT2D eigenvalue weighted by Gasteiger charge is 2.18. The van der Waals surface area contributed by atoms with Gasteiger partial charge in [-0.25, -0.2) is 13.1 Å². The molecule has 7 heteroatoms. The third kappa shape index (κ3) is 4.75. The maximum absolute atomic E-state index is 12.2. The van der Waals surface area contributed by atoms with Crippen molar-refractivity contribution in [2.45, 2.75) is 24.8 Å². The molecule has 4 nitrogen and oxygen atoms in total. The molecule has 108 valence electrons. The van der Waals surface area contributed by atoms with E-state index in [1.165, 1.54) is 6.07 Å². The molecule has 0 heterocycles. The van der Waals surface area contributed by atoms with Gasteiger partial charge in [-0.15, -0.1) is 0 Å². The van der Waals surface area contributed by atoms with Crippen LogP contribution in [-0.4, -0.2) is 32.1 Å². The summed E-state index contributed by atoms with van der Waals surface area (Å²) in [4.78, 5) is 0.218. The molecule has 0 spiro atoms. The molecule has 19 heavy (non-hydrogen) atoms. The molecule has 0 aliphatic heterocycles. The third-order valence-electron chi connectivity index (χ3n) is 2.65. The molecular formula is C12H18BrNO3S2. The lowest BCUT2D eigenvalue weighted by Crippen LogP contribution is -2.26. The van der Waals surface area contributed by atoms with Gasteiger partial charge >= 0.3 is 0 Å². The average molecular weight is 368 g/mol. The van der Waals surface area contributed by atoms with Crippen molar-refractivity contribution in [3.63, 3.8) is 0 Å². The molecular weight excluding hydrogens is 350 g/mol. The lowest BCUT2D eigenvalue weighted by molar-refractivity contribution is 0.281. The molecule has 0 unspecified atom stereocenters. The minimum Gasteiger partial charge on any atom is -0.392 e. The number of nitrogens with one attached hydrogen (secondary N) is 1. The molecule has 1 rings (SSSR count). The minimum absolute atomic E-state index is 0.187. The first kappa shape index (κ1) is 17.0. The maximum atomic E-state index is 12.2. The summed E-state index contributed by atoms with van der Waals surface area (Å²) in [5.74, 6) is 0.919. The Labute approximate surface area is 127 Å². The van der Waals surface area contributed by atoms with E-state index < -0.39 is 10.0 Å². The van der Waals surface area contributed by atoms with Crippen LogP contribution in [0.3, 0.4) is 0 Å². The molecule has 0 amide bonds. The third-order valence-corrected chi connectivity index (χ3v) is 5.75. The molecule has 0 aliphatic rings. The van der Waals surface area contributed by atoms with Gasteiger partial charge in [0.15, 0.2) is 0 Å². The topological polar surface area (TPSA) is 66.4 Å². The van der Waals surface area contributed by atoms with Gasteiger partial charge < -0.3 is 5.11 Å². The van der Waals surface area contributed by atoms with Crippen molar-refractivity contribution in [3.8, 4) is 0 Å². The molecule has 0 aliphatic carbocycles. The second-order valence-corrected chi connectivity index (χ2v) is 7.68. The summed E-state index contributed by atoms with van der Waals surface area (Å²) in [6.45, 7) is 1.97. The molecule has 0 saturated carbocycles. The minimum atomic E-state index is -3.53. The highest BCUT2D eigenvalue weighted by molar-refractivity contribution is 9.10. The zero-order valence-corrected chi connectivity index (χ0v) is 14.2. The first-order chi connectivity index (χ1) is 8.92. The van der Waals surface area contributed by atoms with Crippen LogP contribution in [0.5, 0.6) is 0 Å². The SMILES string of the molecule is CSCCCNS(=O)(=O)c1cc(CO)cc(Br)c1C. The predicted octanol–water partition coefficient (Wildman–Crippen LogP) is 2.28.